The molecule has 3 rings (SSSR count). The Morgan fingerprint density at radius 3 is 2.68 bits per heavy atom. The monoisotopic (exact) mass is 315 g/mol. The van der Waals surface area contributed by atoms with Gasteiger partial charge in [0.15, 0.2) is 10.9 Å². The number of thioether (sulfide) groups is 1. The van der Waals surface area contributed by atoms with Gasteiger partial charge in [0.05, 0.1) is 5.75 Å². The Balaban J connectivity index is 1.69. The van der Waals surface area contributed by atoms with E-state index in [1.807, 2.05) is 25.1 Å². The molecule has 0 aliphatic heterocycles. The first kappa shape index (κ1) is 15.3. The van der Waals surface area contributed by atoms with Crippen LogP contribution in [0.25, 0.3) is 0 Å². The van der Waals surface area contributed by atoms with Gasteiger partial charge >= 0.3 is 0 Å². The van der Waals surface area contributed by atoms with E-state index in [2.05, 4.69) is 28.6 Å². The lowest BCUT2D eigenvalue weighted by atomic mass is 10.0. The van der Waals surface area contributed by atoms with E-state index in [0.717, 1.165) is 28.7 Å². The summed E-state index contributed by atoms with van der Waals surface area (Å²) in [6.07, 6.45) is 2.43. The second-order valence-corrected chi connectivity index (χ2v) is 6.81. The summed E-state index contributed by atoms with van der Waals surface area (Å²) >= 11 is 1.49. The van der Waals surface area contributed by atoms with Crippen LogP contribution in [0.4, 0.5) is 0 Å². The van der Waals surface area contributed by atoms with Crippen LogP contribution in [-0.2, 0) is 6.54 Å². The van der Waals surface area contributed by atoms with Crippen LogP contribution in [0.3, 0.4) is 0 Å². The quantitative estimate of drug-likeness (QED) is 0.601. The van der Waals surface area contributed by atoms with Crippen molar-refractivity contribution in [2.45, 2.75) is 51.2 Å². The lowest BCUT2D eigenvalue weighted by molar-refractivity contribution is 0.102. The second kappa shape index (κ2) is 6.24. The maximum absolute atomic E-state index is 12.4. The molecule has 0 saturated heterocycles. The number of aryl methyl sites for hydroxylation is 2. The lowest BCUT2D eigenvalue weighted by Crippen LogP contribution is -2.06. The standard InChI is InChI=1S/C17H21N3OS/c1-4-20-16(13-7-8-13)18-19-17(20)22-10-15(21)14-6-5-11(2)12(3)9-14/h5-6,9,13H,4,7-8,10H2,1-3H3. The summed E-state index contributed by atoms with van der Waals surface area (Å²) in [7, 11) is 0. The Hall–Kier alpha value is -1.62. The first-order valence-corrected chi connectivity index (χ1v) is 8.75. The highest BCUT2D eigenvalue weighted by atomic mass is 32.2. The number of ketones is 1. The van der Waals surface area contributed by atoms with Crippen LogP contribution in [0.2, 0.25) is 0 Å². The molecule has 1 heterocycles. The fraction of sp³-hybridized carbons (Fsp3) is 0.471. The zero-order valence-electron chi connectivity index (χ0n) is 13.3. The average Bonchev–Trinajstić information content (AvgIpc) is 3.27. The molecule has 0 spiro atoms. The highest BCUT2D eigenvalue weighted by Crippen LogP contribution is 2.40. The van der Waals surface area contributed by atoms with Crippen LogP contribution in [0.5, 0.6) is 0 Å². The van der Waals surface area contributed by atoms with Crippen molar-refractivity contribution in [1.29, 1.82) is 0 Å². The molecule has 0 N–H and O–H groups in total. The van der Waals surface area contributed by atoms with Gasteiger partial charge in [0.25, 0.3) is 0 Å². The van der Waals surface area contributed by atoms with E-state index in [9.17, 15) is 4.79 Å². The molecule has 0 amide bonds. The Morgan fingerprint density at radius 2 is 2.05 bits per heavy atom. The summed E-state index contributed by atoms with van der Waals surface area (Å²) in [6, 6.07) is 5.89. The van der Waals surface area contributed by atoms with Gasteiger partial charge in [-0.1, -0.05) is 23.9 Å². The minimum Gasteiger partial charge on any atom is -0.306 e. The Kier molecular flexibility index (Phi) is 4.34. The zero-order valence-corrected chi connectivity index (χ0v) is 14.1. The van der Waals surface area contributed by atoms with Crippen molar-refractivity contribution in [2.24, 2.45) is 0 Å². The molecule has 0 unspecified atom stereocenters. The normalized spacial score (nSPS) is 14.3. The molecular weight excluding hydrogens is 294 g/mol. The van der Waals surface area contributed by atoms with Crippen molar-refractivity contribution in [1.82, 2.24) is 14.8 Å². The van der Waals surface area contributed by atoms with E-state index in [-0.39, 0.29) is 5.78 Å². The van der Waals surface area contributed by atoms with Crippen LogP contribution in [0, 0.1) is 13.8 Å². The summed E-state index contributed by atoms with van der Waals surface area (Å²) in [5, 5.41) is 9.44. The second-order valence-electron chi connectivity index (χ2n) is 5.87. The molecule has 1 aromatic heterocycles. The van der Waals surface area contributed by atoms with E-state index in [0.29, 0.717) is 11.7 Å². The fourth-order valence-corrected chi connectivity index (χ4v) is 3.38. The van der Waals surface area contributed by atoms with Gasteiger partial charge in [-0.25, -0.2) is 0 Å². The first-order chi connectivity index (χ1) is 10.6. The van der Waals surface area contributed by atoms with Gasteiger partial charge in [-0.2, -0.15) is 0 Å². The molecule has 116 valence electrons. The van der Waals surface area contributed by atoms with E-state index in [1.165, 1.54) is 30.2 Å². The topological polar surface area (TPSA) is 47.8 Å². The smallest absolute Gasteiger partial charge is 0.191 e. The number of aromatic nitrogens is 3. The van der Waals surface area contributed by atoms with Crippen molar-refractivity contribution in [2.75, 3.05) is 5.75 Å². The molecule has 4 nitrogen and oxygen atoms in total. The van der Waals surface area contributed by atoms with Crippen molar-refractivity contribution >= 4 is 17.5 Å². The van der Waals surface area contributed by atoms with Crippen molar-refractivity contribution < 1.29 is 4.79 Å². The minimum absolute atomic E-state index is 0.145. The van der Waals surface area contributed by atoms with E-state index >= 15 is 0 Å². The van der Waals surface area contributed by atoms with E-state index in [1.54, 1.807) is 0 Å². The summed E-state index contributed by atoms with van der Waals surface area (Å²) < 4.78 is 2.15. The molecule has 0 radical (unpaired) electrons. The first-order valence-electron chi connectivity index (χ1n) is 7.76. The molecule has 22 heavy (non-hydrogen) atoms. The molecule has 1 aromatic carbocycles. The summed E-state index contributed by atoms with van der Waals surface area (Å²) in [4.78, 5) is 12.4. The van der Waals surface area contributed by atoms with Crippen molar-refractivity contribution in [3.63, 3.8) is 0 Å². The Labute approximate surface area is 135 Å². The van der Waals surface area contributed by atoms with Crippen LogP contribution in [0.1, 0.15) is 53.0 Å². The number of carbonyl (C=O) groups is 1. The number of hydrogen-bond acceptors (Lipinski definition) is 4. The molecule has 0 bridgehead atoms. The third-order valence-corrected chi connectivity index (χ3v) is 5.13. The Bertz CT molecular complexity index is 704. The SMILES string of the molecule is CCn1c(SCC(=O)c2ccc(C)c(C)c2)nnc1C1CC1. The fourth-order valence-electron chi connectivity index (χ4n) is 2.48. The number of Topliss-reactive ketones (excluding diaryl/α,β-unsaturated/α-hetero) is 1. The zero-order chi connectivity index (χ0) is 15.7. The maximum atomic E-state index is 12.4. The third kappa shape index (κ3) is 3.09. The maximum Gasteiger partial charge on any atom is 0.191 e. The molecule has 1 fully saturated rings. The summed E-state index contributed by atoms with van der Waals surface area (Å²) in [6.45, 7) is 7.06. The van der Waals surface area contributed by atoms with Gasteiger partial charge < -0.3 is 4.57 Å². The molecule has 5 heteroatoms. The Morgan fingerprint density at radius 1 is 1.27 bits per heavy atom. The number of hydrogen-bond donors (Lipinski definition) is 0. The third-order valence-electron chi connectivity index (χ3n) is 4.17. The van der Waals surface area contributed by atoms with Crippen LogP contribution >= 0.6 is 11.8 Å². The predicted octanol–water partition coefficient (Wildman–Crippen LogP) is 3.77. The highest BCUT2D eigenvalue weighted by molar-refractivity contribution is 7.99. The van der Waals surface area contributed by atoms with Gasteiger partial charge in [-0.05, 0) is 50.8 Å². The number of carbonyl (C=O) groups excluding carboxylic acids is 1. The number of nitrogens with zero attached hydrogens (tertiary/aromatic N) is 3. The van der Waals surface area contributed by atoms with Crippen LogP contribution < -0.4 is 0 Å². The number of benzene rings is 1. The van der Waals surface area contributed by atoms with Gasteiger partial charge in [0, 0.05) is 18.0 Å². The largest absolute Gasteiger partial charge is 0.306 e. The van der Waals surface area contributed by atoms with E-state index < -0.39 is 0 Å². The van der Waals surface area contributed by atoms with Crippen LogP contribution in [0.15, 0.2) is 23.4 Å². The number of rotatable bonds is 6. The summed E-state index contributed by atoms with van der Waals surface area (Å²) in [5.41, 5.74) is 3.15. The average molecular weight is 315 g/mol. The van der Waals surface area contributed by atoms with Crippen molar-refractivity contribution in [3.05, 3.63) is 40.7 Å². The van der Waals surface area contributed by atoms with Gasteiger partial charge in [0.2, 0.25) is 0 Å². The predicted molar refractivity (Wildman–Crippen MR) is 88.6 cm³/mol. The van der Waals surface area contributed by atoms with Gasteiger partial charge in [0.1, 0.15) is 5.82 Å². The molecule has 2 aromatic rings. The molecule has 1 saturated carbocycles. The minimum atomic E-state index is 0.145. The van der Waals surface area contributed by atoms with Gasteiger partial charge in [-0.15, -0.1) is 10.2 Å². The highest BCUT2D eigenvalue weighted by Gasteiger charge is 2.30. The lowest BCUT2D eigenvalue weighted by Gasteiger charge is -2.07. The van der Waals surface area contributed by atoms with E-state index in [4.69, 9.17) is 0 Å². The van der Waals surface area contributed by atoms with Gasteiger partial charge in [-0.3, -0.25) is 4.79 Å². The molecule has 0 atom stereocenters. The molecule has 1 aliphatic carbocycles. The van der Waals surface area contributed by atoms with Crippen LogP contribution in [-0.4, -0.2) is 26.3 Å². The molecule has 1 aliphatic rings. The molecular formula is C17H21N3OS. The summed E-state index contributed by atoms with van der Waals surface area (Å²) in [5.74, 6) is 2.22. The van der Waals surface area contributed by atoms with Crippen molar-refractivity contribution in [3.8, 4) is 0 Å².